The van der Waals surface area contributed by atoms with Crippen molar-refractivity contribution in [2.75, 3.05) is 58.9 Å². The summed E-state index contributed by atoms with van der Waals surface area (Å²) in [7, 11) is 0. The molecule has 0 amide bonds. The van der Waals surface area contributed by atoms with Crippen LogP contribution in [0.25, 0.3) is 0 Å². The molecule has 1 aromatic carbocycles. The van der Waals surface area contributed by atoms with Gasteiger partial charge in [-0.3, -0.25) is 24.5 Å². The summed E-state index contributed by atoms with van der Waals surface area (Å²) in [5, 5.41) is 0. The normalized spacial score (nSPS) is 19.9. The Morgan fingerprint density at radius 2 is 0.625 bits per heavy atom. The van der Waals surface area contributed by atoms with Crippen LogP contribution < -0.4 is 0 Å². The number of piperidine rings is 3. The molecule has 1 aromatic rings. The molecule has 0 bridgehead atoms. The molecule has 0 saturated carbocycles. The summed E-state index contributed by atoms with van der Waals surface area (Å²) < 4.78 is 0. The van der Waals surface area contributed by atoms with Crippen molar-refractivity contribution < 1.29 is 0 Å². The van der Waals surface area contributed by atoms with E-state index in [9.17, 15) is 0 Å². The zero-order valence-electron chi connectivity index (χ0n) is 40.4. The second kappa shape index (κ2) is 27.0. The average molecular weight is 786 g/mol. The Hall–Kier alpha value is -0.980. The van der Waals surface area contributed by atoms with Crippen LogP contribution in [0.1, 0.15) is 207 Å². The molecule has 0 unspecified atom stereocenters. The summed E-state index contributed by atoms with van der Waals surface area (Å²) in [6, 6.07) is 10.7. The van der Waals surface area contributed by atoms with Gasteiger partial charge in [0.1, 0.15) is 0 Å². The molecule has 4 heterocycles. The predicted molar refractivity (Wildman–Crippen MR) is 254 cm³/mol. The first-order valence-electron chi connectivity index (χ1n) is 23.3. The Labute approximate surface area is 354 Å². The fourth-order valence-electron chi connectivity index (χ4n) is 8.06. The van der Waals surface area contributed by atoms with Crippen molar-refractivity contribution in [1.82, 2.24) is 24.5 Å². The minimum Gasteiger partial charge on any atom is -0.298 e. The lowest BCUT2D eigenvalue weighted by Gasteiger charge is -2.38. The van der Waals surface area contributed by atoms with Gasteiger partial charge >= 0.3 is 0 Å². The van der Waals surface area contributed by atoms with Crippen molar-refractivity contribution in [2.24, 2.45) is 0 Å². The third-order valence-electron chi connectivity index (χ3n) is 12.0. The van der Waals surface area contributed by atoms with E-state index in [1.807, 2.05) is 0 Å². The van der Waals surface area contributed by atoms with E-state index in [1.54, 1.807) is 0 Å². The van der Waals surface area contributed by atoms with Gasteiger partial charge in [0.2, 0.25) is 0 Å². The van der Waals surface area contributed by atoms with E-state index in [1.165, 1.54) is 141 Å². The van der Waals surface area contributed by atoms with Crippen LogP contribution >= 0.6 is 0 Å². The Balaban J connectivity index is 0.000000676. The SMILES string of the molecule is C.CC(C)(C)N1CCCCC1.CC(C)(C)N1CCCCC1.CC(C)(C)N1CCCCC1.CC(C)(C)N1CCCCCC1.CCN(Cc1ccccc1)C(C)(C)C. The molecule has 4 aliphatic rings. The lowest BCUT2D eigenvalue weighted by molar-refractivity contribution is 0.110. The summed E-state index contributed by atoms with van der Waals surface area (Å²) in [4.78, 5) is 12.8. The van der Waals surface area contributed by atoms with Gasteiger partial charge in [-0.1, -0.05) is 76.8 Å². The number of hydrogen-bond acceptors (Lipinski definition) is 5. The number of nitrogens with zero attached hydrogens (tertiary/aromatic N) is 5. The average Bonchev–Trinajstić information content (AvgIpc) is 3.43. The molecule has 332 valence electrons. The molecule has 0 aliphatic carbocycles. The largest absolute Gasteiger partial charge is 0.298 e. The highest BCUT2D eigenvalue weighted by Gasteiger charge is 2.25. The van der Waals surface area contributed by atoms with Crippen LogP contribution in [0.2, 0.25) is 0 Å². The molecule has 0 N–H and O–H groups in total. The third-order valence-corrected chi connectivity index (χ3v) is 12.0. The minimum absolute atomic E-state index is 0. The first-order valence-corrected chi connectivity index (χ1v) is 23.3. The van der Waals surface area contributed by atoms with Crippen molar-refractivity contribution in [3.8, 4) is 0 Å². The molecular formula is C51H103N5. The van der Waals surface area contributed by atoms with Crippen molar-refractivity contribution in [1.29, 1.82) is 0 Å². The van der Waals surface area contributed by atoms with E-state index >= 15 is 0 Å². The van der Waals surface area contributed by atoms with E-state index in [0.29, 0.717) is 22.2 Å². The summed E-state index contributed by atoms with van der Waals surface area (Å²) >= 11 is 0. The van der Waals surface area contributed by atoms with Gasteiger partial charge in [-0.05, 0) is 220 Å². The molecule has 5 heteroatoms. The van der Waals surface area contributed by atoms with Crippen LogP contribution in [0.3, 0.4) is 0 Å². The van der Waals surface area contributed by atoms with Gasteiger partial charge in [0.15, 0.2) is 0 Å². The molecule has 0 atom stereocenters. The number of rotatable bonds is 3. The fraction of sp³-hybridized carbons (Fsp3) is 0.882. The second-order valence-corrected chi connectivity index (χ2v) is 21.9. The zero-order valence-corrected chi connectivity index (χ0v) is 40.4. The van der Waals surface area contributed by atoms with Gasteiger partial charge in [0.05, 0.1) is 0 Å². The highest BCUT2D eigenvalue weighted by Crippen LogP contribution is 2.22. The standard InChI is InChI=1S/C13H21N.C10H21N.3C9H19N.CH4/c1-5-14(13(2,3)4)11-12-9-7-6-8-10-12;1-10(2,3)11-8-6-4-5-7-9-11;3*1-9(2,3)10-7-5-4-6-8-10;/h6-10H,5,11H2,1-4H3;4-9H2,1-3H3;3*4-8H2,1-3H3;1H4. The Morgan fingerprint density at radius 1 is 0.393 bits per heavy atom. The van der Waals surface area contributed by atoms with Crippen LogP contribution in [-0.2, 0) is 6.54 Å². The first kappa shape index (κ1) is 55.0. The Morgan fingerprint density at radius 3 is 0.821 bits per heavy atom. The zero-order chi connectivity index (χ0) is 41.8. The molecule has 5 rings (SSSR count). The van der Waals surface area contributed by atoms with Crippen LogP contribution in [-0.4, -0.2) is 111 Å². The summed E-state index contributed by atoms with van der Waals surface area (Å²) in [6.07, 6.45) is 18.4. The maximum atomic E-state index is 2.61. The lowest BCUT2D eigenvalue weighted by Crippen LogP contribution is -2.44. The third kappa shape index (κ3) is 24.8. The van der Waals surface area contributed by atoms with Crippen molar-refractivity contribution in [3.05, 3.63) is 35.9 Å². The molecule has 4 saturated heterocycles. The Kier molecular flexibility index (Phi) is 26.5. The van der Waals surface area contributed by atoms with Gasteiger partial charge in [0.25, 0.3) is 0 Å². The number of likely N-dealkylation sites (tertiary alicyclic amines) is 4. The number of benzene rings is 1. The summed E-state index contributed by atoms with van der Waals surface area (Å²) in [5.41, 5.74) is 3.25. The summed E-state index contributed by atoms with van der Waals surface area (Å²) in [5.74, 6) is 0. The highest BCUT2D eigenvalue weighted by molar-refractivity contribution is 5.14. The van der Waals surface area contributed by atoms with Crippen molar-refractivity contribution >= 4 is 0 Å². The quantitative estimate of drug-likeness (QED) is 0.302. The Bertz CT molecular complexity index is 973. The minimum atomic E-state index is 0. The molecule has 4 fully saturated rings. The maximum Gasteiger partial charge on any atom is 0.0238 e. The summed E-state index contributed by atoms with van der Waals surface area (Å²) in [6.45, 7) is 49.3. The van der Waals surface area contributed by atoms with E-state index in [0.717, 1.165) is 13.1 Å². The molecule has 4 aliphatic heterocycles. The van der Waals surface area contributed by atoms with E-state index < -0.39 is 0 Å². The monoisotopic (exact) mass is 786 g/mol. The van der Waals surface area contributed by atoms with Crippen LogP contribution in [0.4, 0.5) is 0 Å². The van der Waals surface area contributed by atoms with E-state index in [-0.39, 0.29) is 13.0 Å². The molecule has 0 aromatic heterocycles. The molecule has 5 nitrogen and oxygen atoms in total. The van der Waals surface area contributed by atoms with Crippen LogP contribution in [0.15, 0.2) is 30.3 Å². The smallest absolute Gasteiger partial charge is 0.0238 e. The van der Waals surface area contributed by atoms with Gasteiger partial charge < -0.3 is 0 Å². The molecular weight excluding hydrogens is 683 g/mol. The van der Waals surface area contributed by atoms with Crippen molar-refractivity contribution in [3.63, 3.8) is 0 Å². The maximum absolute atomic E-state index is 2.61. The van der Waals surface area contributed by atoms with Crippen molar-refractivity contribution in [2.45, 2.75) is 236 Å². The van der Waals surface area contributed by atoms with Gasteiger partial charge in [0, 0.05) is 34.2 Å². The predicted octanol–water partition coefficient (Wildman–Crippen LogP) is 13.4. The molecule has 56 heavy (non-hydrogen) atoms. The van der Waals surface area contributed by atoms with Gasteiger partial charge in [-0.25, -0.2) is 0 Å². The number of hydrogen-bond donors (Lipinski definition) is 0. The van der Waals surface area contributed by atoms with Crippen LogP contribution in [0, 0.1) is 0 Å². The topological polar surface area (TPSA) is 16.2 Å². The molecule has 0 radical (unpaired) electrons. The van der Waals surface area contributed by atoms with Gasteiger partial charge in [-0.2, -0.15) is 0 Å². The van der Waals surface area contributed by atoms with E-state index in [4.69, 9.17) is 0 Å². The second-order valence-electron chi connectivity index (χ2n) is 21.9. The lowest BCUT2D eigenvalue weighted by atomic mass is 10.0. The van der Waals surface area contributed by atoms with E-state index in [2.05, 4.69) is 166 Å². The highest BCUT2D eigenvalue weighted by atomic mass is 15.2. The fourth-order valence-corrected chi connectivity index (χ4v) is 8.06. The molecule has 0 spiro atoms. The van der Waals surface area contributed by atoms with Crippen LogP contribution in [0.5, 0.6) is 0 Å². The van der Waals surface area contributed by atoms with Gasteiger partial charge in [-0.15, -0.1) is 0 Å². The first-order chi connectivity index (χ1) is 25.5.